The molecular formula is C9H13N2O+. The summed E-state index contributed by atoms with van der Waals surface area (Å²) in [7, 11) is 0. The standard InChI is InChI=1S/C9H12N2O/c1-8-4-2-3-6-11(8)7-5-9(10)12/h2-4,6H,5,7H2,1H3,(H-,10,12)/p+1. The van der Waals surface area contributed by atoms with Gasteiger partial charge < -0.3 is 5.73 Å². The third-order valence-corrected chi connectivity index (χ3v) is 1.77. The van der Waals surface area contributed by atoms with E-state index in [0.717, 1.165) is 5.69 Å². The van der Waals surface area contributed by atoms with Gasteiger partial charge in [-0.3, -0.25) is 4.79 Å². The second-order valence-electron chi connectivity index (χ2n) is 2.75. The number of amides is 1. The largest absolute Gasteiger partial charge is 0.369 e. The Morgan fingerprint density at radius 3 is 2.92 bits per heavy atom. The van der Waals surface area contributed by atoms with E-state index in [0.29, 0.717) is 13.0 Å². The van der Waals surface area contributed by atoms with Crippen molar-refractivity contribution >= 4 is 5.91 Å². The molecule has 3 nitrogen and oxygen atoms in total. The van der Waals surface area contributed by atoms with Crippen LogP contribution in [0.15, 0.2) is 24.4 Å². The first-order valence-electron chi connectivity index (χ1n) is 3.93. The lowest BCUT2D eigenvalue weighted by atomic mass is 10.3. The summed E-state index contributed by atoms with van der Waals surface area (Å²) >= 11 is 0. The molecule has 0 spiro atoms. The highest BCUT2D eigenvalue weighted by Crippen LogP contribution is 1.88. The molecule has 64 valence electrons. The number of hydrogen-bond acceptors (Lipinski definition) is 1. The summed E-state index contributed by atoms with van der Waals surface area (Å²) in [5.41, 5.74) is 6.18. The van der Waals surface area contributed by atoms with E-state index in [2.05, 4.69) is 0 Å². The van der Waals surface area contributed by atoms with E-state index in [1.807, 2.05) is 35.9 Å². The summed E-state index contributed by atoms with van der Waals surface area (Å²) < 4.78 is 2.00. The van der Waals surface area contributed by atoms with Gasteiger partial charge in [-0.25, -0.2) is 4.57 Å². The van der Waals surface area contributed by atoms with Crippen molar-refractivity contribution in [1.29, 1.82) is 0 Å². The number of carbonyl (C=O) groups excluding carboxylic acids is 1. The van der Waals surface area contributed by atoms with Crippen molar-refractivity contribution in [3.8, 4) is 0 Å². The Morgan fingerprint density at radius 2 is 2.33 bits per heavy atom. The molecule has 0 aromatic carbocycles. The summed E-state index contributed by atoms with van der Waals surface area (Å²) in [6.07, 6.45) is 2.34. The van der Waals surface area contributed by atoms with E-state index in [4.69, 9.17) is 5.73 Å². The number of rotatable bonds is 3. The van der Waals surface area contributed by atoms with Crippen LogP contribution in [0.25, 0.3) is 0 Å². The molecule has 0 aliphatic carbocycles. The van der Waals surface area contributed by atoms with Crippen molar-refractivity contribution in [3.63, 3.8) is 0 Å². The van der Waals surface area contributed by atoms with Crippen molar-refractivity contribution in [2.75, 3.05) is 0 Å². The van der Waals surface area contributed by atoms with Crippen LogP contribution in [-0.4, -0.2) is 5.91 Å². The van der Waals surface area contributed by atoms with Gasteiger partial charge in [-0.1, -0.05) is 6.07 Å². The van der Waals surface area contributed by atoms with Crippen LogP contribution in [0, 0.1) is 6.92 Å². The molecule has 0 atom stereocenters. The number of pyridine rings is 1. The normalized spacial score (nSPS) is 9.75. The Labute approximate surface area is 71.8 Å². The Hall–Kier alpha value is -1.38. The highest BCUT2D eigenvalue weighted by molar-refractivity contribution is 5.73. The van der Waals surface area contributed by atoms with Gasteiger partial charge in [0.2, 0.25) is 5.91 Å². The number of aryl methyl sites for hydroxylation is 2. The van der Waals surface area contributed by atoms with Crippen molar-refractivity contribution in [2.24, 2.45) is 5.73 Å². The van der Waals surface area contributed by atoms with E-state index in [1.54, 1.807) is 0 Å². The first-order chi connectivity index (χ1) is 5.70. The fraction of sp³-hybridized carbons (Fsp3) is 0.333. The molecule has 1 aromatic heterocycles. The monoisotopic (exact) mass is 165 g/mol. The molecular weight excluding hydrogens is 152 g/mol. The molecule has 0 radical (unpaired) electrons. The molecule has 0 fully saturated rings. The maximum absolute atomic E-state index is 10.5. The molecule has 0 aliphatic heterocycles. The van der Waals surface area contributed by atoms with Crippen LogP contribution in [-0.2, 0) is 11.3 Å². The fourth-order valence-electron chi connectivity index (χ4n) is 1.04. The fourth-order valence-corrected chi connectivity index (χ4v) is 1.04. The smallest absolute Gasteiger partial charge is 0.223 e. The molecule has 0 unspecified atom stereocenters. The van der Waals surface area contributed by atoms with Gasteiger partial charge in [0.05, 0.1) is 6.42 Å². The molecule has 1 rings (SSSR count). The van der Waals surface area contributed by atoms with Crippen LogP contribution in [0.1, 0.15) is 12.1 Å². The van der Waals surface area contributed by atoms with Gasteiger partial charge in [-0.05, 0) is 0 Å². The predicted molar refractivity (Wildman–Crippen MR) is 45.2 cm³/mol. The number of aromatic nitrogens is 1. The van der Waals surface area contributed by atoms with Crippen LogP contribution < -0.4 is 10.3 Å². The van der Waals surface area contributed by atoms with Crippen molar-refractivity contribution in [3.05, 3.63) is 30.1 Å². The predicted octanol–water partition coefficient (Wildman–Crippen LogP) is 0.158. The van der Waals surface area contributed by atoms with Gasteiger partial charge in [-0.2, -0.15) is 0 Å². The lowest BCUT2D eigenvalue weighted by Gasteiger charge is -1.96. The van der Waals surface area contributed by atoms with Crippen LogP contribution in [0.5, 0.6) is 0 Å². The van der Waals surface area contributed by atoms with Gasteiger partial charge in [-0.15, -0.1) is 0 Å². The van der Waals surface area contributed by atoms with Crippen molar-refractivity contribution in [2.45, 2.75) is 19.9 Å². The van der Waals surface area contributed by atoms with E-state index >= 15 is 0 Å². The lowest BCUT2D eigenvalue weighted by molar-refractivity contribution is -0.701. The number of nitrogens with zero attached hydrogens (tertiary/aromatic N) is 1. The van der Waals surface area contributed by atoms with E-state index < -0.39 is 0 Å². The maximum Gasteiger partial charge on any atom is 0.223 e. The summed E-state index contributed by atoms with van der Waals surface area (Å²) in [5, 5.41) is 0. The average molecular weight is 165 g/mol. The summed E-state index contributed by atoms with van der Waals surface area (Å²) in [6, 6.07) is 5.91. The molecule has 0 aliphatic rings. The molecule has 1 aromatic rings. The zero-order valence-corrected chi connectivity index (χ0v) is 7.16. The summed E-state index contributed by atoms with van der Waals surface area (Å²) in [5.74, 6) is -0.259. The Kier molecular flexibility index (Phi) is 2.80. The van der Waals surface area contributed by atoms with Crippen molar-refractivity contribution < 1.29 is 9.36 Å². The van der Waals surface area contributed by atoms with Crippen LogP contribution in [0.4, 0.5) is 0 Å². The number of primary amides is 1. The van der Waals surface area contributed by atoms with Crippen molar-refractivity contribution in [1.82, 2.24) is 0 Å². The highest BCUT2D eigenvalue weighted by Gasteiger charge is 2.05. The second kappa shape index (κ2) is 3.85. The third kappa shape index (κ3) is 2.34. The van der Waals surface area contributed by atoms with E-state index in [-0.39, 0.29) is 5.91 Å². The van der Waals surface area contributed by atoms with Crippen LogP contribution >= 0.6 is 0 Å². The molecule has 1 heterocycles. The van der Waals surface area contributed by atoms with E-state index in [9.17, 15) is 4.79 Å². The Bertz CT molecular complexity index is 284. The molecule has 12 heavy (non-hydrogen) atoms. The van der Waals surface area contributed by atoms with Gasteiger partial charge in [0, 0.05) is 19.1 Å². The van der Waals surface area contributed by atoms with Gasteiger partial charge in [0.25, 0.3) is 0 Å². The zero-order valence-electron chi connectivity index (χ0n) is 7.16. The summed E-state index contributed by atoms with van der Waals surface area (Å²) in [4.78, 5) is 10.5. The highest BCUT2D eigenvalue weighted by atomic mass is 16.1. The molecule has 1 amide bonds. The SMILES string of the molecule is Cc1cccc[n+]1CCC(N)=O. The quantitative estimate of drug-likeness (QED) is 0.637. The molecule has 0 saturated carbocycles. The number of carbonyl (C=O) groups is 1. The molecule has 3 heteroatoms. The third-order valence-electron chi connectivity index (χ3n) is 1.77. The topological polar surface area (TPSA) is 47.0 Å². The molecule has 0 bridgehead atoms. The minimum atomic E-state index is -0.259. The molecule has 0 saturated heterocycles. The van der Waals surface area contributed by atoms with Gasteiger partial charge in [0.1, 0.15) is 0 Å². The first-order valence-corrected chi connectivity index (χ1v) is 3.93. The summed E-state index contributed by atoms with van der Waals surface area (Å²) in [6.45, 7) is 2.67. The lowest BCUT2D eigenvalue weighted by Crippen LogP contribution is -2.38. The first kappa shape index (κ1) is 8.71. The Balaban J connectivity index is 2.63. The number of nitrogens with two attached hydrogens (primary N) is 1. The number of hydrogen-bond donors (Lipinski definition) is 1. The zero-order chi connectivity index (χ0) is 8.97. The van der Waals surface area contributed by atoms with Crippen LogP contribution in [0.2, 0.25) is 0 Å². The Morgan fingerprint density at radius 1 is 1.58 bits per heavy atom. The minimum Gasteiger partial charge on any atom is -0.369 e. The average Bonchev–Trinajstić information content (AvgIpc) is 2.03. The van der Waals surface area contributed by atoms with Crippen LogP contribution in [0.3, 0.4) is 0 Å². The van der Waals surface area contributed by atoms with E-state index in [1.165, 1.54) is 0 Å². The van der Waals surface area contributed by atoms with Gasteiger partial charge in [0.15, 0.2) is 18.4 Å². The molecule has 2 N–H and O–H groups in total. The maximum atomic E-state index is 10.5. The second-order valence-corrected chi connectivity index (χ2v) is 2.75. The van der Waals surface area contributed by atoms with Gasteiger partial charge >= 0.3 is 0 Å². The minimum absolute atomic E-state index is 0.259.